The Kier molecular flexibility index (Phi) is 5.90. The highest BCUT2D eigenvalue weighted by Gasteiger charge is 2.39. The number of aromatic nitrogens is 1. The van der Waals surface area contributed by atoms with Crippen LogP contribution in [0.3, 0.4) is 0 Å². The van der Waals surface area contributed by atoms with Crippen molar-refractivity contribution >= 4 is 11.8 Å². The van der Waals surface area contributed by atoms with Gasteiger partial charge in [-0.25, -0.2) is 0 Å². The fourth-order valence-corrected chi connectivity index (χ4v) is 4.31. The van der Waals surface area contributed by atoms with Crippen molar-refractivity contribution in [2.75, 3.05) is 32.7 Å². The third kappa shape index (κ3) is 4.48. The second kappa shape index (κ2) is 8.74. The zero-order chi connectivity index (χ0) is 20.2. The highest BCUT2D eigenvalue weighted by atomic mass is 16.2. The molecule has 152 valence electrons. The van der Waals surface area contributed by atoms with Crippen LogP contribution in [0.1, 0.15) is 30.5 Å². The Morgan fingerprint density at radius 1 is 1.07 bits per heavy atom. The molecule has 4 rings (SSSR count). The van der Waals surface area contributed by atoms with Gasteiger partial charge in [0.2, 0.25) is 11.8 Å². The molecular formula is C23H28N4O2. The zero-order valence-electron chi connectivity index (χ0n) is 16.9. The lowest BCUT2D eigenvalue weighted by Gasteiger charge is -2.36. The first-order valence-electron chi connectivity index (χ1n) is 10.4. The lowest BCUT2D eigenvalue weighted by molar-refractivity contribution is -0.137. The lowest BCUT2D eigenvalue weighted by atomic mass is 10.1. The second-order valence-corrected chi connectivity index (χ2v) is 7.99. The first-order valence-corrected chi connectivity index (χ1v) is 10.4. The number of hydrogen-bond acceptors (Lipinski definition) is 4. The van der Waals surface area contributed by atoms with E-state index in [1.807, 2.05) is 71.6 Å². The summed E-state index contributed by atoms with van der Waals surface area (Å²) < 4.78 is 0. The second-order valence-electron chi connectivity index (χ2n) is 7.99. The van der Waals surface area contributed by atoms with E-state index in [0.717, 1.165) is 38.3 Å². The number of piperazine rings is 1. The van der Waals surface area contributed by atoms with Gasteiger partial charge in [0, 0.05) is 58.1 Å². The average Bonchev–Trinajstić information content (AvgIpc) is 3.16. The molecular weight excluding hydrogens is 364 g/mol. The van der Waals surface area contributed by atoms with Crippen LogP contribution in [0.2, 0.25) is 0 Å². The van der Waals surface area contributed by atoms with Gasteiger partial charge in [-0.2, -0.15) is 0 Å². The number of rotatable bonds is 5. The Morgan fingerprint density at radius 3 is 2.45 bits per heavy atom. The van der Waals surface area contributed by atoms with Crippen molar-refractivity contribution in [3.8, 4) is 0 Å². The normalized spacial score (nSPS) is 21.4. The fraction of sp³-hybridized carbons (Fsp3) is 0.435. The summed E-state index contributed by atoms with van der Waals surface area (Å²) in [6.45, 7) is 6.61. The Hall–Kier alpha value is -2.73. The molecule has 2 aromatic rings. The molecule has 1 aromatic heterocycles. The van der Waals surface area contributed by atoms with Crippen molar-refractivity contribution in [2.45, 2.75) is 25.9 Å². The van der Waals surface area contributed by atoms with Crippen LogP contribution in [0, 0.1) is 5.92 Å². The number of pyridine rings is 1. The van der Waals surface area contributed by atoms with Crippen LogP contribution in [0.5, 0.6) is 0 Å². The predicted molar refractivity (Wildman–Crippen MR) is 111 cm³/mol. The summed E-state index contributed by atoms with van der Waals surface area (Å²) >= 11 is 0. The van der Waals surface area contributed by atoms with Gasteiger partial charge in [0.15, 0.2) is 0 Å². The van der Waals surface area contributed by atoms with Gasteiger partial charge in [0.25, 0.3) is 0 Å². The van der Waals surface area contributed by atoms with E-state index in [9.17, 15) is 9.59 Å². The largest absolute Gasteiger partial charge is 0.340 e. The van der Waals surface area contributed by atoms with Crippen molar-refractivity contribution in [1.29, 1.82) is 0 Å². The molecule has 2 fully saturated rings. The van der Waals surface area contributed by atoms with Crippen molar-refractivity contribution in [2.24, 2.45) is 5.92 Å². The maximum Gasteiger partial charge on any atom is 0.228 e. The smallest absolute Gasteiger partial charge is 0.228 e. The first-order chi connectivity index (χ1) is 14.1. The molecule has 1 aromatic carbocycles. The molecule has 2 unspecified atom stereocenters. The Bertz CT molecular complexity index is 834. The topological polar surface area (TPSA) is 56.8 Å². The van der Waals surface area contributed by atoms with E-state index in [4.69, 9.17) is 0 Å². The van der Waals surface area contributed by atoms with Gasteiger partial charge in [-0.15, -0.1) is 0 Å². The highest BCUT2D eigenvalue weighted by Crippen LogP contribution is 2.29. The van der Waals surface area contributed by atoms with Gasteiger partial charge in [0.1, 0.15) is 0 Å². The average molecular weight is 393 g/mol. The predicted octanol–water partition coefficient (Wildman–Crippen LogP) is 2.34. The Morgan fingerprint density at radius 2 is 1.76 bits per heavy atom. The summed E-state index contributed by atoms with van der Waals surface area (Å²) in [5.74, 6) is -0.0129. The summed E-state index contributed by atoms with van der Waals surface area (Å²) in [5, 5.41) is 0. The number of carbonyl (C=O) groups excluding carboxylic acids is 2. The van der Waals surface area contributed by atoms with Gasteiger partial charge in [-0.05, 0) is 30.2 Å². The van der Waals surface area contributed by atoms with Crippen molar-refractivity contribution in [3.05, 3.63) is 66.0 Å². The number of amides is 2. The molecule has 2 aliphatic heterocycles. The van der Waals surface area contributed by atoms with Crippen LogP contribution in [-0.2, 0) is 16.1 Å². The zero-order valence-corrected chi connectivity index (χ0v) is 16.9. The summed E-state index contributed by atoms with van der Waals surface area (Å²) in [6.07, 6.45) is 3.95. The van der Waals surface area contributed by atoms with Gasteiger partial charge < -0.3 is 9.80 Å². The molecule has 0 radical (unpaired) electrons. The van der Waals surface area contributed by atoms with E-state index in [-0.39, 0.29) is 23.8 Å². The lowest BCUT2D eigenvalue weighted by Crippen LogP contribution is -2.50. The molecule has 0 N–H and O–H groups in total. The minimum absolute atomic E-state index is 0.00119. The minimum Gasteiger partial charge on any atom is -0.340 e. The number of nitrogens with zero attached hydrogens (tertiary/aromatic N) is 4. The quantitative estimate of drug-likeness (QED) is 0.784. The third-order valence-electron chi connectivity index (χ3n) is 6.10. The number of benzene rings is 1. The maximum atomic E-state index is 13.0. The minimum atomic E-state index is -0.222. The van der Waals surface area contributed by atoms with E-state index in [1.165, 1.54) is 5.56 Å². The van der Waals surface area contributed by atoms with Crippen LogP contribution >= 0.6 is 0 Å². The summed E-state index contributed by atoms with van der Waals surface area (Å²) in [4.78, 5) is 35.8. The number of carbonyl (C=O) groups is 2. The standard InChI is InChI=1S/C23H28N4O2/c1-18(20-5-3-2-4-6-20)27-17-21(15-22(27)28)23(29)26-13-11-25(12-14-26)16-19-7-9-24-10-8-19/h2-10,18,21H,11-17H2,1H3. The SMILES string of the molecule is CC(c1ccccc1)N1CC(C(=O)N2CCN(Cc3ccncc3)CC2)CC1=O. The van der Waals surface area contributed by atoms with E-state index >= 15 is 0 Å². The molecule has 2 aliphatic rings. The molecule has 6 heteroatoms. The molecule has 2 saturated heterocycles. The van der Waals surface area contributed by atoms with Crippen molar-refractivity contribution in [1.82, 2.24) is 19.7 Å². The maximum absolute atomic E-state index is 13.0. The van der Waals surface area contributed by atoms with Crippen molar-refractivity contribution in [3.63, 3.8) is 0 Å². The monoisotopic (exact) mass is 392 g/mol. The molecule has 0 spiro atoms. The summed E-state index contributed by atoms with van der Waals surface area (Å²) in [6, 6.07) is 14.1. The van der Waals surface area contributed by atoms with Crippen LogP contribution in [0.15, 0.2) is 54.9 Å². The molecule has 6 nitrogen and oxygen atoms in total. The van der Waals surface area contributed by atoms with Gasteiger partial charge in [-0.1, -0.05) is 30.3 Å². The van der Waals surface area contributed by atoms with Crippen molar-refractivity contribution < 1.29 is 9.59 Å². The van der Waals surface area contributed by atoms with E-state index in [2.05, 4.69) is 9.88 Å². The summed E-state index contributed by atoms with van der Waals surface area (Å²) in [5.41, 5.74) is 2.35. The molecule has 2 atom stereocenters. The molecule has 3 heterocycles. The van der Waals surface area contributed by atoms with Gasteiger partial charge in [0.05, 0.1) is 12.0 Å². The van der Waals surface area contributed by atoms with E-state index in [1.54, 1.807) is 0 Å². The molecule has 29 heavy (non-hydrogen) atoms. The van der Waals surface area contributed by atoms with Crippen LogP contribution in [-0.4, -0.2) is 64.2 Å². The number of hydrogen-bond donors (Lipinski definition) is 0. The van der Waals surface area contributed by atoms with E-state index in [0.29, 0.717) is 13.0 Å². The highest BCUT2D eigenvalue weighted by molar-refractivity contribution is 5.89. The molecule has 0 aliphatic carbocycles. The third-order valence-corrected chi connectivity index (χ3v) is 6.10. The van der Waals surface area contributed by atoms with Gasteiger partial charge in [-0.3, -0.25) is 19.5 Å². The molecule has 0 saturated carbocycles. The van der Waals surface area contributed by atoms with Crippen LogP contribution < -0.4 is 0 Å². The first kappa shape index (κ1) is 19.6. The summed E-state index contributed by atoms with van der Waals surface area (Å²) in [7, 11) is 0. The Labute approximate surface area is 172 Å². The fourth-order valence-electron chi connectivity index (χ4n) is 4.31. The Balaban J connectivity index is 1.31. The van der Waals surface area contributed by atoms with Gasteiger partial charge >= 0.3 is 0 Å². The van der Waals surface area contributed by atoms with Crippen LogP contribution in [0.4, 0.5) is 0 Å². The molecule has 0 bridgehead atoms. The van der Waals surface area contributed by atoms with Crippen LogP contribution in [0.25, 0.3) is 0 Å². The van der Waals surface area contributed by atoms with E-state index < -0.39 is 0 Å². The molecule has 2 amide bonds. The number of likely N-dealkylation sites (tertiary alicyclic amines) is 1.